The van der Waals surface area contributed by atoms with Crippen LogP contribution < -0.4 is 10.2 Å². The molecule has 3 rings (SSSR count). The van der Waals surface area contributed by atoms with Crippen LogP contribution in [0.15, 0.2) is 47.1 Å². The summed E-state index contributed by atoms with van der Waals surface area (Å²) in [5.74, 6) is 0.999. The van der Waals surface area contributed by atoms with Crippen LogP contribution in [-0.2, 0) is 13.0 Å². The van der Waals surface area contributed by atoms with Gasteiger partial charge in [0.15, 0.2) is 0 Å². The van der Waals surface area contributed by atoms with E-state index in [1.54, 1.807) is 6.26 Å². The van der Waals surface area contributed by atoms with Crippen LogP contribution in [0.2, 0.25) is 0 Å². The highest BCUT2D eigenvalue weighted by atomic mass is 16.3. The lowest BCUT2D eigenvalue weighted by atomic mass is 10.0. The first-order chi connectivity index (χ1) is 9.43. The second kappa shape index (κ2) is 5.93. The number of hydrogen-bond donors (Lipinski definition) is 1. The fourth-order valence-corrected chi connectivity index (χ4v) is 2.68. The summed E-state index contributed by atoms with van der Waals surface area (Å²) < 4.78 is 5.31. The first-order valence-electron chi connectivity index (χ1n) is 6.99. The van der Waals surface area contributed by atoms with Crippen LogP contribution in [0, 0.1) is 0 Å². The minimum atomic E-state index is 0.808. The van der Waals surface area contributed by atoms with Gasteiger partial charge in [-0.3, -0.25) is 0 Å². The van der Waals surface area contributed by atoms with Crippen molar-refractivity contribution in [1.29, 1.82) is 0 Å². The van der Waals surface area contributed by atoms with Gasteiger partial charge in [-0.2, -0.15) is 0 Å². The molecule has 19 heavy (non-hydrogen) atoms. The lowest BCUT2D eigenvalue weighted by molar-refractivity contribution is 0.483. The van der Waals surface area contributed by atoms with Crippen LogP contribution in [0.3, 0.4) is 0 Å². The van der Waals surface area contributed by atoms with Gasteiger partial charge in [0.2, 0.25) is 0 Å². The highest BCUT2D eigenvalue weighted by molar-refractivity contribution is 5.55. The van der Waals surface area contributed by atoms with Crippen LogP contribution in [0.25, 0.3) is 0 Å². The van der Waals surface area contributed by atoms with E-state index in [9.17, 15) is 0 Å². The predicted molar refractivity (Wildman–Crippen MR) is 77.4 cm³/mol. The zero-order valence-corrected chi connectivity index (χ0v) is 11.1. The second-order valence-corrected chi connectivity index (χ2v) is 4.98. The van der Waals surface area contributed by atoms with E-state index >= 15 is 0 Å². The van der Waals surface area contributed by atoms with Crippen molar-refractivity contribution in [2.45, 2.75) is 19.4 Å². The number of aryl methyl sites for hydroxylation is 1. The van der Waals surface area contributed by atoms with Crippen LogP contribution in [0.4, 0.5) is 5.69 Å². The Morgan fingerprint density at radius 1 is 1.16 bits per heavy atom. The lowest BCUT2D eigenvalue weighted by Gasteiger charge is -2.31. The van der Waals surface area contributed by atoms with E-state index in [4.69, 9.17) is 4.42 Å². The van der Waals surface area contributed by atoms with E-state index in [0.29, 0.717) is 0 Å². The van der Waals surface area contributed by atoms with Gasteiger partial charge in [-0.1, -0.05) is 18.2 Å². The Kier molecular flexibility index (Phi) is 3.84. The summed E-state index contributed by atoms with van der Waals surface area (Å²) in [6.07, 6.45) is 4.19. The highest BCUT2D eigenvalue weighted by Gasteiger charge is 2.15. The molecule has 1 aliphatic heterocycles. The summed E-state index contributed by atoms with van der Waals surface area (Å²) in [4.78, 5) is 2.48. The maximum atomic E-state index is 5.31. The van der Waals surface area contributed by atoms with E-state index in [-0.39, 0.29) is 0 Å². The maximum absolute atomic E-state index is 5.31. The average molecular weight is 256 g/mol. The minimum Gasteiger partial charge on any atom is -0.468 e. The number of furan rings is 1. The average Bonchev–Trinajstić information content (AvgIpc) is 2.97. The summed E-state index contributed by atoms with van der Waals surface area (Å²) in [6, 6.07) is 12.7. The minimum absolute atomic E-state index is 0.808. The fourth-order valence-electron chi connectivity index (χ4n) is 2.68. The topological polar surface area (TPSA) is 28.4 Å². The van der Waals surface area contributed by atoms with Gasteiger partial charge in [-0.15, -0.1) is 0 Å². The summed E-state index contributed by atoms with van der Waals surface area (Å²) in [7, 11) is 0. The van der Waals surface area contributed by atoms with Gasteiger partial charge in [0, 0.05) is 25.3 Å². The normalized spacial score (nSPS) is 14.4. The number of benzene rings is 1. The molecule has 100 valence electrons. The van der Waals surface area contributed by atoms with Gasteiger partial charge >= 0.3 is 0 Å². The van der Waals surface area contributed by atoms with E-state index in [0.717, 1.165) is 25.4 Å². The maximum Gasteiger partial charge on any atom is 0.117 e. The van der Waals surface area contributed by atoms with Gasteiger partial charge in [0.1, 0.15) is 5.76 Å². The molecule has 0 atom stereocenters. The molecule has 3 nitrogen and oxygen atoms in total. The summed E-state index contributed by atoms with van der Waals surface area (Å²) in [5, 5.41) is 3.43. The Hall–Kier alpha value is -1.74. The van der Waals surface area contributed by atoms with Crippen LogP contribution >= 0.6 is 0 Å². The van der Waals surface area contributed by atoms with Crippen LogP contribution in [-0.4, -0.2) is 19.6 Å². The Morgan fingerprint density at radius 2 is 2.11 bits per heavy atom. The van der Waals surface area contributed by atoms with Crippen LogP contribution in [0.5, 0.6) is 0 Å². The number of anilines is 1. The molecule has 0 unspecified atom stereocenters. The predicted octanol–water partition coefficient (Wildman–Crippen LogP) is 2.82. The van der Waals surface area contributed by atoms with Crippen molar-refractivity contribution in [1.82, 2.24) is 5.32 Å². The molecule has 0 fully saturated rings. The first-order valence-corrected chi connectivity index (χ1v) is 6.99. The van der Waals surface area contributed by atoms with E-state index in [1.807, 2.05) is 12.1 Å². The molecule has 1 N–H and O–H groups in total. The number of nitrogens with one attached hydrogen (secondary N) is 1. The Morgan fingerprint density at radius 3 is 3.00 bits per heavy atom. The Balaban J connectivity index is 1.51. The molecular weight excluding hydrogens is 236 g/mol. The van der Waals surface area contributed by atoms with Crippen molar-refractivity contribution in [3.8, 4) is 0 Å². The molecule has 0 radical (unpaired) electrons. The van der Waals surface area contributed by atoms with Gasteiger partial charge in [-0.25, -0.2) is 0 Å². The molecule has 0 saturated heterocycles. The number of nitrogens with zero attached hydrogens (tertiary/aromatic N) is 1. The van der Waals surface area contributed by atoms with Gasteiger partial charge in [0.05, 0.1) is 12.8 Å². The Labute approximate surface area is 114 Å². The Bertz CT molecular complexity index is 507. The number of rotatable bonds is 5. The molecule has 0 spiro atoms. The smallest absolute Gasteiger partial charge is 0.117 e. The standard InChI is InChI=1S/C16H20N2O/c1-2-8-16-14(5-1)6-3-10-18(16)11-9-17-13-15-7-4-12-19-15/h1-2,4-5,7-8,12,17H,3,6,9-11,13H2. The summed E-state index contributed by atoms with van der Waals surface area (Å²) >= 11 is 0. The molecule has 1 aliphatic rings. The molecule has 1 aromatic carbocycles. The largest absolute Gasteiger partial charge is 0.468 e. The molecule has 0 saturated carbocycles. The second-order valence-electron chi connectivity index (χ2n) is 4.98. The molecular formula is C16H20N2O. The molecule has 2 aromatic rings. The van der Waals surface area contributed by atoms with Crippen molar-refractivity contribution < 1.29 is 4.42 Å². The SMILES string of the molecule is c1coc(CNCCN2CCCc3ccccc32)c1. The quantitative estimate of drug-likeness (QED) is 0.834. The third kappa shape index (κ3) is 2.99. The highest BCUT2D eigenvalue weighted by Crippen LogP contribution is 2.25. The third-order valence-corrected chi connectivity index (χ3v) is 3.64. The molecule has 3 heteroatoms. The molecule has 0 aliphatic carbocycles. The lowest BCUT2D eigenvalue weighted by Crippen LogP contribution is -2.35. The molecule has 0 bridgehead atoms. The number of para-hydroxylation sites is 1. The molecule has 1 aromatic heterocycles. The molecule has 2 heterocycles. The number of hydrogen-bond acceptors (Lipinski definition) is 3. The zero-order valence-electron chi connectivity index (χ0n) is 11.1. The zero-order chi connectivity index (χ0) is 12.9. The number of fused-ring (bicyclic) bond motifs is 1. The summed E-state index contributed by atoms with van der Waals surface area (Å²) in [6.45, 7) is 4.01. The molecule has 0 amide bonds. The van der Waals surface area contributed by atoms with Gasteiger partial charge < -0.3 is 14.6 Å². The first kappa shape index (κ1) is 12.3. The van der Waals surface area contributed by atoms with Crippen molar-refractivity contribution in [3.05, 3.63) is 54.0 Å². The van der Waals surface area contributed by atoms with Crippen molar-refractivity contribution >= 4 is 5.69 Å². The van der Waals surface area contributed by atoms with Crippen molar-refractivity contribution in [2.24, 2.45) is 0 Å². The summed E-state index contributed by atoms with van der Waals surface area (Å²) in [5.41, 5.74) is 2.90. The third-order valence-electron chi connectivity index (χ3n) is 3.64. The monoisotopic (exact) mass is 256 g/mol. The van der Waals surface area contributed by atoms with E-state index < -0.39 is 0 Å². The van der Waals surface area contributed by atoms with Crippen molar-refractivity contribution in [3.63, 3.8) is 0 Å². The van der Waals surface area contributed by atoms with Crippen LogP contribution in [0.1, 0.15) is 17.7 Å². The van der Waals surface area contributed by atoms with E-state index in [2.05, 4.69) is 34.5 Å². The van der Waals surface area contributed by atoms with Gasteiger partial charge in [-0.05, 0) is 36.6 Å². The fraction of sp³-hybridized carbons (Fsp3) is 0.375. The van der Waals surface area contributed by atoms with E-state index in [1.165, 1.54) is 30.6 Å². The van der Waals surface area contributed by atoms with Crippen molar-refractivity contribution in [2.75, 3.05) is 24.5 Å². The van der Waals surface area contributed by atoms with Gasteiger partial charge in [0.25, 0.3) is 0 Å².